The lowest BCUT2D eigenvalue weighted by Crippen LogP contribution is -2.38. The van der Waals surface area contributed by atoms with Gasteiger partial charge in [-0.15, -0.1) is 24.0 Å². The Kier molecular flexibility index (Phi) is 8.39. The average molecular weight is 472 g/mol. The number of rotatable bonds is 5. The molecule has 1 N–H and O–H groups in total. The Balaban J connectivity index is 0.00000338. The van der Waals surface area contributed by atoms with Gasteiger partial charge in [-0.25, -0.2) is 4.98 Å². The van der Waals surface area contributed by atoms with Gasteiger partial charge < -0.3 is 19.4 Å². The van der Waals surface area contributed by atoms with Crippen molar-refractivity contribution in [3.05, 3.63) is 47.7 Å². The Morgan fingerprint density at radius 2 is 2.00 bits per heavy atom. The zero-order valence-electron chi connectivity index (χ0n) is 16.4. The molecule has 0 amide bonds. The van der Waals surface area contributed by atoms with E-state index in [9.17, 15) is 0 Å². The first-order chi connectivity index (χ1) is 11.8. The lowest BCUT2D eigenvalue weighted by atomic mass is 9.94. The average Bonchev–Trinajstić information content (AvgIpc) is 3.05. The van der Waals surface area contributed by atoms with E-state index in [1.54, 1.807) is 20.4 Å². The Hall–Kier alpha value is -1.77. The molecule has 0 atom stereocenters. The largest absolute Gasteiger partial charge is 0.496 e. The molecule has 1 aromatic carbocycles. The molecule has 1 heterocycles. The van der Waals surface area contributed by atoms with Gasteiger partial charge in [0.1, 0.15) is 11.5 Å². The van der Waals surface area contributed by atoms with Crippen LogP contribution in [0.4, 0.5) is 0 Å². The molecule has 26 heavy (non-hydrogen) atoms. The summed E-state index contributed by atoms with van der Waals surface area (Å²) in [5.41, 5.74) is 1.05. The summed E-state index contributed by atoms with van der Waals surface area (Å²) in [6.45, 7) is 7.47. The summed E-state index contributed by atoms with van der Waals surface area (Å²) in [7, 11) is 5.43. The monoisotopic (exact) mass is 472 g/mol. The lowest BCUT2D eigenvalue weighted by Gasteiger charge is -2.22. The van der Waals surface area contributed by atoms with Gasteiger partial charge in [-0.05, 0) is 6.07 Å². The summed E-state index contributed by atoms with van der Waals surface area (Å²) in [5.74, 6) is 3.16. The Bertz CT molecular complexity index is 722. The number of nitrogens with zero attached hydrogens (tertiary/aromatic N) is 3. The van der Waals surface area contributed by atoms with Gasteiger partial charge in [0.15, 0.2) is 5.96 Å². The van der Waals surface area contributed by atoms with Gasteiger partial charge in [0, 0.05) is 31.6 Å². The number of nitrogens with one attached hydrogen (secondary N) is 1. The van der Waals surface area contributed by atoms with Crippen molar-refractivity contribution in [1.82, 2.24) is 15.2 Å². The van der Waals surface area contributed by atoms with Gasteiger partial charge in [-0.3, -0.25) is 4.99 Å². The number of ether oxygens (including phenoxy) is 1. The number of hydrogen-bond acceptors (Lipinski definition) is 4. The van der Waals surface area contributed by atoms with Crippen molar-refractivity contribution in [3.8, 4) is 5.75 Å². The molecule has 0 radical (unpaired) electrons. The van der Waals surface area contributed by atoms with Crippen LogP contribution in [0.1, 0.15) is 38.0 Å². The summed E-state index contributed by atoms with van der Waals surface area (Å²) < 4.78 is 11.2. The van der Waals surface area contributed by atoms with E-state index in [0.717, 1.165) is 23.0 Å². The van der Waals surface area contributed by atoms with E-state index >= 15 is 0 Å². The quantitative estimate of drug-likeness (QED) is 0.408. The number of guanidine groups is 1. The zero-order chi connectivity index (χ0) is 18.4. The van der Waals surface area contributed by atoms with Crippen molar-refractivity contribution in [1.29, 1.82) is 0 Å². The predicted molar refractivity (Wildman–Crippen MR) is 115 cm³/mol. The van der Waals surface area contributed by atoms with E-state index in [4.69, 9.17) is 9.15 Å². The fraction of sp³-hybridized carbons (Fsp3) is 0.474. The maximum atomic E-state index is 5.81. The molecule has 0 aliphatic carbocycles. The second-order valence-electron chi connectivity index (χ2n) is 6.94. The van der Waals surface area contributed by atoms with Crippen LogP contribution in [0.5, 0.6) is 5.75 Å². The molecule has 0 fully saturated rings. The predicted octanol–water partition coefficient (Wildman–Crippen LogP) is 3.81. The third-order valence-electron chi connectivity index (χ3n) is 3.86. The number of aliphatic imine (C=N–C) groups is 1. The molecule has 0 aliphatic rings. The SMILES string of the molecule is CN=C(NCc1ncc(C(C)(C)C)o1)N(C)Cc1ccccc1OC.I. The first-order valence-corrected chi connectivity index (χ1v) is 8.34. The molecule has 144 valence electrons. The van der Waals surface area contributed by atoms with Crippen molar-refractivity contribution in [3.63, 3.8) is 0 Å². The third-order valence-corrected chi connectivity index (χ3v) is 3.86. The number of benzene rings is 1. The van der Waals surface area contributed by atoms with Crippen LogP contribution >= 0.6 is 24.0 Å². The van der Waals surface area contributed by atoms with Crippen LogP contribution in [-0.2, 0) is 18.5 Å². The van der Waals surface area contributed by atoms with E-state index < -0.39 is 0 Å². The van der Waals surface area contributed by atoms with Gasteiger partial charge in [-0.1, -0.05) is 39.0 Å². The van der Waals surface area contributed by atoms with Crippen molar-refractivity contribution < 1.29 is 9.15 Å². The standard InChI is InChI=1S/C19H28N4O2.HI/c1-19(2,3)16-11-21-17(25-16)12-22-18(20-4)23(5)13-14-9-7-8-10-15(14)24-6;/h7-11H,12-13H2,1-6H3,(H,20,22);1H. The number of hydrogen-bond donors (Lipinski definition) is 1. The number of methoxy groups -OCH3 is 1. The van der Waals surface area contributed by atoms with E-state index in [1.807, 2.05) is 36.2 Å². The van der Waals surface area contributed by atoms with E-state index in [0.29, 0.717) is 19.0 Å². The molecule has 0 unspecified atom stereocenters. The Labute approximate surface area is 173 Å². The molecular weight excluding hydrogens is 443 g/mol. The highest BCUT2D eigenvalue weighted by Crippen LogP contribution is 2.22. The van der Waals surface area contributed by atoms with Gasteiger partial charge in [0.25, 0.3) is 0 Å². The first kappa shape index (κ1) is 22.3. The summed E-state index contributed by atoms with van der Waals surface area (Å²) in [6.07, 6.45) is 1.79. The third kappa shape index (κ3) is 5.89. The minimum Gasteiger partial charge on any atom is -0.496 e. The van der Waals surface area contributed by atoms with Crippen LogP contribution in [0.25, 0.3) is 0 Å². The van der Waals surface area contributed by atoms with E-state index in [2.05, 4.69) is 36.1 Å². The molecule has 2 rings (SSSR count). The van der Waals surface area contributed by atoms with Crippen LogP contribution in [0.2, 0.25) is 0 Å². The first-order valence-electron chi connectivity index (χ1n) is 8.34. The highest BCUT2D eigenvalue weighted by molar-refractivity contribution is 14.0. The molecule has 0 bridgehead atoms. The summed E-state index contributed by atoms with van der Waals surface area (Å²) in [4.78, 5) is 10.7. The molecule has 0 spiro atoms. The summed E-state index contributed by atoms with van der Waals surface area (Å²) in [5, 5.41) is 3.29. The highest BCUT2D eigenvalue weighted by Gasteiger charge is 2.19. The molecule has 1 aromatic heterocycles. The molecule has 6 nitrogen and oxygen atoms in total. The molecule has 2 aromatic rings. The van der Waals surface area contributed by atoms with E-state index in [-0.39, 0.29) is 29.4 Å². The van der Waals surface area contributed by atoms with Crippen LogP contribution in [0.3, 0.4) is 0 Å². The minimum absolute atomic E-state index is 0. The van der Waals surface area contributed by atoms with Gasteiger partial charge in [-0.2, -0.15) is 0 Å². The summed E-state index contributed by atoms with van der Waals surface area (Å²) >= 11 is 0. The van der Waals surface area contributed by atoms with E-state index in [1.165, 1.54) is 0 Å². The minimum atomic E-state index is -0.0480. The van der Waals surface area contributed by atoms with Crippen LogP contribution in [-0.4, -0.2) is 37.0 Å². The van der Waals surface area contributed by atoms with Gasteiger partial charge >= 0.3 is 0 Å². The smallest absolute Gasteiger partial charge is 0.213 e. The van der Waals surface area contributed by atoms with Crippen LogP contribution < -0.4 is 10.1 Å². The molecular formula is C19H29IN4O2. The lowest BCUT2D eigenvalue weighted by molar-refractivity contribution is 0.375. The maximum Gasteiger partial charge on any atom is 0.213 e. The van der Waals surface area contributed by atoms with Crippen molar-refractivity contribution in [2.45, 2.75) is 39.3 Å². The summed E-state index contributed by atoms with van der Waals surface area (Å²) in [6, 6.07) is 7.97. The second kappa shape index (κ2) is 9.80. The number of halogens is 1. The van der Waals surface area contributed by atoms with Gasteiger partial charge in [0.2, 0.25) is 5.89 Å². The Morgan fingerprint density at radius 3 is 2.58 bits per heavy atom. The number of aromatic nitrogens is 1. The normalized spacial score (nSPS) is 11.7. The van der Waals surface area contributed by atoms with Crippen molar-refractivity contribution in [2.24, 2.45) is 4.99 Å². The second-order valence-corrected chi connectivity index (χ2v) is 6.94. The van der Waals surface area contributed by atoms with Crippen molar-refractivity contribution in [2.75, 3.05) is 21.2 Å². The van der Waals surface area contributed by atoms with Crippen molar-refractivity contribution >= 4 is 29.9 Å². The highest BCUT2D eigenvalue weighted by atomic mass is 127. The van der Waals surface area contributed by atoms with Crippen LogP contribution in [0.15, 0.2) is 39.9 Å². The molecule has 0 saturated heterocycles. The van der Waals surface area contributed by atoms with Gasteiger partial charge in [0.05, 0.1) is 19.9 Å². The fourth-order valence-electron chi connectivity index (χ4n) is 2.44. The fourth-order valence-corrected chi connectivity index (χ4v) is 2.44. The maximum absolute atomic E-state index is 5.81. The van der Waals surface area contributed by atoms with Crippen LogP contribution in [0, 0.1) is 0 Å². The topological polar surface area (TPSA) is 62.9 Å². The molecule has 0 aliphatic heterocycles. The number of oxazole rings is 1. The molecule has 7 heteroatoms. The zero-order valence-corrected chi connectivity index (χ0v) is 18.7. The Morgan fingerprint density at radius 1 is 1.31 bits per heavy atom. The number of para-hydroxylation sites is 1. The molecule has 0 saturated carbocycles.